The maximum absolute atomic E-state index is 17.7. The number of rotatable bonds is 13. The first-order valence-corrected chi connectivity index (χ1v) is 17.9. The molecule has 1 N–H and O–H groups in total. The van der Waals surface area contributed by atoms with Gasteiger partial charge in [0, 0.05) is 22.3 Å². The largest absolute Gasteiger partial charge is 0.496 e. The Morgan fingerprint density at radius 1 is 1.09 bits per heavy atom. The smallest absolute Gasteiger partial charge is 0.338 e. The first-order chi connectivity index (χ1) is 24.9. The molecule has 14 nitrogen and oxygen atoms in total. The lowest BCUT2D eigenvalue weighted by Gasteiger charge is -2.62. The highest BCUT2D eigenvalue weighted by Gasteiger charge is 2.80. The molecule has 0 radical (unpaired) electrons. The van der Waals surface area contributed by atoms with E-state index >= 15 is 4.39 Å². The number of halogens is 1. The Balaban J connectivity index is 1.15. The number of carbonyl (C=O) groups is 4. The molecule has 5 aliphatic rings. The minimum absolute atomic E-state index is 0.0177. The molecule has 0 spiro atoms. The zero-order valence-electron chi connectivity index (χ0n) is 30.5. The van der Waals surface area contributed by atoms with Crippen molar-refractivity contribution in [2.75, 3.05) is 26.9 Å². The standard InChI is InChI=1S/C38H46FNO13/c1-34(2)52-31-19-27-26-11-10-24-18-25(41)12-13-35(24,3)37(26,39)29(42)20-36(27,4)38(31,53-34)30(43)21-50-32(44)17-22-8-9-23(16-28(22)48-5)33(45)49-14-6-7-15-51-40(46)47/h8-9,12-13,16,18,26-27,29,31,42H,6-7,10-11,14-15,17,19-21H2,1-5H3/t26?,27-,29-,31+,35-,36-,37-,38+/m0/s1. The van der Waals surface area contributed by atoms with Gasteiger partial charge in [-0.05, 0) is 89.5 Å². The number of hydrogen-bond donors (Lipinski definition) is 1. The number of fused-ring (bicyclic) bond motifs is 7. The molecule has 3 saturated carbocycles. The second kappa shape index (κ2) is 13.9. The lowest BCUT2D eigenvalue weighted by molar-refractivity contribution is -0.757. The molecule has 1 saturated heterocycles. The van der Waals surface area contributed by atoms with Gasteiger partial charge in [-0.15, -0.1) is 10.1 Å². The Labute approximate surface area is 306 Å². The predicted molar refractivity (Wildman–Crippen MR) is 182 cm³/mol. The topological polar surface area (TPSA) is 187 Å². The summed E-state index contributed by atoms with van der Waals surface area (Å²) in [7, 11) is 1.37. The van der Waals surface area contributed by atoms with Crippen LogP contribution >= 0.6 is 0 Å². The summed E-state index contributed by atoms with van der Waals surface area (Å²) >= 11 is 0. The third kappa shape index (κ3) is 6.33. The minimum Gasteiger partial charge on any atom is -0.496 e. The fourth-order valence-corrected chi connectivity index (χ4v) is 9.88. The molecule has 15 heteroatoms. The van der Waals surface area contributed by atoms with Gasteiger partial charge in [-0.1, -0.05) is 24.6 Å². The van der Waals surface area contributed by atoms with E-state index in [1.54, 1.807) is 26.8 Å². The lowest BCUT2D eigenvalue weighted by atomic mass is 9.44. The van der Waals surface area contributed by atoms with E-state index in [4.69, 9.17) is 23.7 Å². The van der Waals surface area contributed by atoms with Gasteiger partial charge >= 0.3 is 11.9 Å². The zero-order chi connectivity index (χ0) is 38.6. The number of unbranched alkanes of at least 4 members (excludes halogenated alkanes) is 1. The van der Waals surface area contributed by atoms with Crippen LogP contribution in [0.15, 0.2) is 42.0 Å². The molecule has 53 heavy (non-hydrogen) atoms. The van der Waals surface area contributed by atoms with Crippen molar-refractivity contribution in [1.29, 1.82) is 0 Å². The highest BCUT2D eigenvalue weighted by atomic mass is 19.1. The fourth-order valence-electron chi connectivity index (χ4n) is 9.88. The van der Waals surface area contributed by atoms with Gasteiger partial charge in [0.15, 0.2) is 29.4 Å². The Morgan fingerprint density at radius 3 is 2.55 bits per heavy atom. The molecule has 8 atom stereocenters. The number of allylic oxidation sites excluding steroid dienone is 4. The van der Waals surface area contributed by atoms with Crippen molar-refractivity contribution in [3.63, 3.8) is 0 Å². The van der Waals surface area contributed by atoms with Crippen molar-refractivity contribution in [2.24, 2.45) is 22.7 Å². The third-order valence-electron chi connectivity index (χ3n) is 12.2. The van der Waals surface area contributed by atoms with Crippen molar-refractivity contribution in [3.05, 3.63) is 63.2 Å². The highest BCUT2D eigenvalue weighted by Crippen LogP contribution is 2.72. The molecule has 0 aromatic heterocycles. The van der Waals surface area contributed by atoms with E-state index in [1.807, 2.05) is 6.92 Å². The highest BCUT2D eigenvalue weighted by molar-refractivity contribution is 6.01. The number of aliphatic hydroxyl groups excluding tert-OH is 1. The molecule has 6 rings (SSSR count). The summed E-state index contributed by atoms with van der Waals surface area (Å²) in [5, 5.41) is 21.1. The molecule has 0 amide bonds. The molecular weight excluding hydrogens is 697 g/mol. The van der Waals surface area contributed by atoms with Crippen molar-refractivity contribution in [1.82, 2.24) is 0 Å². The number of hydrogen-bond acceptors (Lipinski definition) is 13. The molecule has 1 unspecified atom stereocenters. The summed E-state index contributed by atoms with van der Waals surface area (Å²) in [6.07, 6.45) is 3.50. The number of benzene rings is 1. The Kier molecular flexibility index (Phi) is 10.1. The third-order valence-corrected chi connectivity index (χ3v) is 12.2. The van der Waals surface area contributed by atoms with Crippen LogP contribution in [0.1, 0.15) is 82.1 Å². The first kappa shape index (κ1) is 38.5. The van der Waals surface area contributed by atoms with E-state index in [1.165, 1.54) is 37.5 Å². The van der Waals surface area contributed by atoms with E-state index in [0.717, 1.165) is 0 Å². The van der Waals surface area contributed by atoms with Gasteiger partial charge in [0.25, 0.3) is 5.09 Å². The van der Waals surface area contributed by atoms with Crippen LogP contribution in [0.25, 0.3) is 0 Å². The SMILES string of the molecule is COc1cc(C(=O)OCCCCO[N+](=O)[O-])ccc1CC(=O)OCC(=O)[C@@]12OC(C)(C)O[C@@H]1C[C@H]1C3CCC4=CC(=O)C=C[C@]4(C)[C@@]3(F)[C@@H](O)C[C@@]12C. The van der Waals surface area contributed by atoms with Gasteiger partial charge in [0.1, 0.15) is 5.75 Å². The number of nitrogens with zero attached hydrogens (tertiary/aromatic N) is 1. The van der Waals surface area contributed by atoms with Crippen molar-refractivity contribution in [3.8, 4) is 5.75 Å². The minimum atomic E-state index is -2.11. The van der Waals surface area contributed by atoms with Crippen LogP contribution in [-0.4, -0.2) is 89.9 Å². The second-order valence-electron chi connectivity index (χ2n) is 15.5. The zero-order valence-corrected chi connectivity index (χ0v) is 30.5. The second-order valence-corrected chi connectivity index (χ2v) is 15.5. The Bertz CT molecular complexity index is 1760. The number of ether oxygens (including phenoxy) is 5. The quantitative estimate of drug-likeness (QED) is 0.130. The van der Waals surface area contributed by atoms with Crippen LogP contribution in [0.5, 0.6) is 5.75 Å². The summed E-state index contributed by atoms with van der Waals surface area (Å²) in [5.41, 5.74) is -4.84. The van der Waals surface area contributed by atoms with Gasteiger partial charge in [-0.3, -0.25) is 14.4 Å². The van der Waals surface area contributed by atoms with Crippen LogP contribution in [0.4, 0.5) is 4.39 Å². The van der Waals surface area contributed by atoms with E-state index < -0.39 is 81.3 Å². The average Bonchev–Trinajstić information content (AvgIpc) is 3.51. The molecule has 1 aromatic carbocycles. The number of ketones is 2. The first-order valence-electron chi connectivity index (χ1n) is 17.9. The van der Waals surface area contributed by atoms with Gasteiger partial charge in [-0.2, -0.15) is 0 Å². The van der Waals surface area contributed by atoms with Gasteiger partial charge in [0.05, 0.1) is 44.5 Å². The molecule has 1 aromatic rings. The molecule has 1 aliphatic heterocycles. The van der Waals surface area contributed by atoms with Gasteiger partial charge in [0.2, 0.25) is 5.78 Å². The Morgan fingerprint density at radius 2 is 1.83 bits per heavy atom. The maximum atomic E-state index is 17.7. The van der Waals surface area contributed by atoms with E-state index in [9.17, 15) is 34.4 Å². The van der Waals surface area contributed by atoms with Crippen LogP contribution < -0.4 is 4.74 Å². The summed E-state index contributed by atoms with van der Waals surface area (Å²) in [5.74, 6) is -4.24. The summed E-state index contributed by atoms with van der Waals surface area (Å²) in [6.45, 7) is 6.18. The summed E-state index contributed by atoms with van der Waals surface area (Å²) in [4.78, 5) is 66.8. The number of methoxy groups -OCH3 is 1. The lowest BCUT2D eigenvalue weighted by Crippen LogP contribution is -2.70. The van der Waals surface area contributed by atoms with Crippen LogP contribution in [0, 0.1) is 32.8 Å². The van der Waals surface area contributed by atoms with Gasteiger partial charge < -0.3 is 33.6 Å². The number of aliphatic hydroxyl groups is 1. The van der Waals surface area contributed by atoms with Gasteiger partial charge in [-0.25, -0.2) is 9.18 Å². The van der Waals surface area contributed by atoms with E-state index in [-0.39, 0.29) is 43.2 Å². The van der Waals surface area contributed by atoms with Crippen molar-refractivity contribution < 1.29 is 62.3 Å². The number of Topliss-reactive ketones (excluding diaryl/α,β-unsaturated/α-hetero) is 1. The van der Waals surface area contributed by atoms with Crippen molar-refractivity contribution in [2.45, 2.75) is 102 Å². The predicted octanol–water partition coefficient (Wildman–Crippen LogP) is 4.37. The van der Waals surface area contributed by atoms with Crippen molar-refractivity contribution >= 4 is 23.5 Å². The van der Waals surface area contributed by atoms with Crippen LogP contribution in [0.2, 0.25) is 0 Å². The molecule has 288 valence electrons. The van der Waals surface area contributed by atoms with Crippen LogP contribution in [-0.2, 0) is 44.6 Å². The molecular formula is C38H46FNO13. The van der Waals surface area contributed by atoms with E-state index in [0.29, 0.717) is 43.2 Å². The monoisotopic (exact) mass is 743 g/mol. The Hall–Kier alpha value is -4.21. The number of alkyl halides is 1. The maximum Gasteiger partial charge on any atom is 0.338 e. The summed E-state index contributed by atoms with van der Waals surface area (Å²) in [6, 6.07) is 4.37. The van der Waals surface area contributed by atoms with Crippen LogP contribution in [0.3, 0.4) is 0 Å². The molecule has 4 fully saturated rings. The summed E-state index contributed by atoms with van der Waals surface area (Å²) < 4.78 is 46.7. The molecule has 1 heterocycles. The normalized spacial score (nSPS) is 34.8. The number of carbonyl (C=O) groups excluding carboxylic acids is 4. The fraction of sp³-hybridized carbons (Fsp3) is 0.632. The molecule has 4 aliphatic carbocycles. The number of esters is 2. The van der Waals surface area contributed by atoms with E-state index in [2.05, 4.69) is 4.84 Å². The molecule has 0 bridgehead atoms. The average molecular weight is 744 g/mol.